The van der Waals surface area contributed by atoms with E-state index in [1.54, 1.807) is 0 Å². The topological polar surface area (TPSA) is 0 Å². The molecule has 0 fully saturated rings. The van der Waals surface area contributed by atoms with Crippen LogP contribution < -0.4 is 0 Å². The zero-order chi connectivity index (χ0) is 26.0. The number of hydrogen-bond donors (Lipinski definition) is 0. The second-order valence-electron chi connectivity index (χ2n) is 12.4. The molecule has 0 aliphatic carbocycles. The van der Waals surface area contributed by atoms with E-state index in [1.807, 2.05) is 0 Å². The summed E-state index contributed by atoms with van der Waals surface area (Å²) in [6, 6.07) is 0. The molecule has 0 aromatic carbocycles. The van der Waals surface area contributed by atoms with Crippen molar-refractivity contribution in [3.63, 3.8) is 0 Å². The van der Waals surface area contributed by atoms with Gasteiger partial charge in [-0.2, -0.15) is 0 Å². The minimum Gasteiger partial charge on any atom is -0.0654 e. The first-order valence-corrected chi connectivity index (χ1v) is 17.1. The summed E-state index contributed by atoms with van der Waals surface area (Å²) in [6.07, 6.45) is 36.4. The Morgan fingerprint density at radius 1 is 0.343 bits per heavy atom. The monoisotopic (exact) mass is 493 g/mol. The summed E-state index contributed by atoms with van der Waals surface area (Å²) in [4.78, 5) is 0. The van der Waals surface area contributed by atoms with E-state index in [4.69, 9.17) is 0 Å². The molecule has 0 spiro atoms. The molecule has 0 bridgehead atoms. The highest BCUT2D eigenvalue weighted by molar-refractivity contribution is 4.78. The molecule has 0 radical (unpaired) electrons. The highest BCUT2D eigenvalue weighted by atomic mass is 14.3. The normalized spacial score (nSPS) is 15.3. The fourth-order valence-corrected chi connectivity index (χ4v) is 6.61. The molecule has 0 heteroatoms. The van der Waals surface area contributed by atoms with Crippen molar-refractivity contribution in [2.24, 2.45) is 23.7 Å². The fraction of sp³-hybridized carbons (Fsp3) is 1.00. The summed E-state index contributed by atoms with van der Waals surface area (Å²) in [5, 5.41) is 0. The quantitative estimate of drug-likeness (QED) is 0.0952. The molecule has 0 aliphatic rings. The van der Waals surface area contributed by atoms with Gasteiger partial charge in [0.15, 0.2) is 0 Å². The lowest BCUT2D eigenvalue weighted by Crippen LogP contribution is -2.24. The first-order chi connectivity index (χ1) is 17.1. The van der Waals surface area contributed by atoms with Crippen molar-refractivity contribution < 1.29 is 0 Å². The molecule has 0 aromatic rings. The molecule has 0 saturated heterocycles. The fourth-order valence-electron chi connectivity index (χ4n) is 6.61. The van der Waals surface area contributed by atoms with Crippen molar-refractivity contribution >= 4 is 0 Å². The zero-order valence-electron chi connectivity index (χ0n) is 26.0. The lowest BCUT2D eigenvalue weighted by molar-refractivity contribution is 0.160. The minimum absolute atomic E-state index is 0.935. The third kappa shape index (κ3) is 20.7. The van der Waals surface area contributed by atoms with Crippen molar-refractivity contribution in [2.75, 3.05) is 0 Å². The SMILES string of the molecule is CCCCCCCCCCC(C)CCC(CCC)C(CCCCC)C(CC)CCCCCCCC. The Kier molecular flexibility index (Phi) is 27.0. The van der Waals surface area contributed by atoms with Crippen LogP contribution in [0.15, 0.2) is 0 Å². The first-order valence-electron chi connectivity index (χ1n) is 17.1. The van der Waals surface area contributed by atoms with Crippen LogP contribution >= 0.6 is 0 Å². The predicted octanol–water partition coefficient (Wildman–Crippen LogP) is 13.3. The lowest BCUT2D eigenvalue weighted by Gasteiger charge is -2.35. The van der Waals surface area contributed by atoms with Crippen LogP contribution in [0, 0.1) is 23.7 Å². The van der Waals surface area contributed by atoms with E-state index >= 15 is 0 Å². The van der Waals surface area contributed by atoms with Crippen LogP contribution in [-0.2, 0) is 0 Å². The molecule has 4 atom stereocenters. The summed E-state index contributed by atoms with van der Waals surface area (Å²) in [5.41, 5.74) is 0. The van der Waals surface area contributed by atoms with Gasteiger partial charge < -0.3 is 0 Å². The summed E-state index contributed by atoms with van der Waals surface area (Å²) < 4.78 is 0. The molecule has 0 aliphatic heterocycles. The second-order valence-corrected chi connectivity index (χ2v) is 12.4. The summed E-state index contributed by atoms with van der Waals surface area (Å²) in [5.74, 6) is 3.90. The van der Waals surface area contributed by atoms with E-state index in [1.165, 1.54) is 161 Å². The van der Waals surface area contributed by atoms with Crippen molar-refractivity contribution in [2.45, 2.75) is 202 Å². The van der Waals surface area contributed by atoms with Crippen molar-refractivity contribution in [1.82, 2.24) is 0 Å². The van der Waals surface area contributed by atoms with Gasteiger partial charge in [0.25, 0.3) is 0 Å². The average molecular weight is 493 g/mol. The molecular weight excluding hydrogens is 420 g/mol. The van der Waals surface area contributed by atoms with Gasteiger partial charge in [0.05, 0.1) is 0 Å². The summed E-state index contributed by atoms with van der Waals surface area (Å²) >= 11 is 0. The standard InChI is InChI=1S/C35H72/c1-7-12-15-17-19-20-21-24-27-32(6)30-31-34(26-10-4)35(29-23-14-9-3)33(11-5)28-25-22-18-16-13-8-2/h32-35H,7-31H2,1-6H3. The first kappa shape index (κ1) is 35.0. The summed E-state index contributed by atoms with van der Waals surface area (Å²) in [7, 11) is 0. The maximum absolute atomic E-state index is 2.56. The molecule has 0 rings (SSSR count). The summed E-state index contributed by atoms with van der Waals surface area (Å²) in [6.45, 7) is 14.5. The van der Waals surface area contributed by atoms with Crippen molar-refractivity contribution in [3.8, 4) is 0 Å². The lowest BCUT2D eigenvalue weighted by atomic mass is 9.71. The van der Waals surface area contributed by atoms with Crippen LogP contribution in [0.3, 0.4) is 0 Å². The average Bonchev–Trinajstić information content (AvgIpc) is 2.86. The Morgan fingerprint density at radius 3 is 1.31 bits per heavy atom. The molecule has 0 heterocycles. The van der Waals surface area contributed by atoms with Gasteiger partial charge in [-0.25, -0.2) is 0 Å². The van der Waals surface area contributed by atoms with Crippen molar-refractivity contribution in [3.05, 3.63) is 0 Å². The van der Waals surface area contributed by atoms with Crippen LogP contribution in [0.25, 0.3) is 0 Å². The van der Waals surface area contributed by atoms with Gasteiger partial charge in [0, 0.05) is 0 Å². The van der Waals surface area contributed by atoms with Crippen LogP contribution in [0.4, 0.5) is 0 Å². The van der Waals surface area contributed by atoms with Gasteiger partial charge in [0.1, 0.15) is 0 Å². The Bertz CT molecular complexity index is 385. The zero-order valence-corrected chi connectivity index (χ0v) is 26.0. The Labute approximate surface area is 225 Å². The largest absolute Gasteiger partial charge is 0.0654 e. The van der Waals surface area contributed by atoms with E-state index in [0.29, 0.717) is 0 Å². The third-order valence-corrected chi connectivity index (χ3v) is 9.05. The Morgan fingerprint density at radius 2 is 0.800 bits per heavy atom. The Balaban J connectivity index is 4.60. The second kappa shape index (κ2) is 27.0. The van der Waals surface area contributed by atoms with Gasteiger partial charge in [0.2, 0.25) is 0 Å². The molecule has 4 unspecified atom stereocenters. The molecule has 0 aromatic heterocycles. The van der Waals surface area contributed by atoms with Crippen LogP contribution in [-0.4, -0.2) is 0 Å². The molecule has 0 amide bonds. The van der Waals surface area contributed by atoms with Gasteiger partial charge in [-0.1, -0.05) is 189 Å². The molecule has 212 valence electrons. The Hall–Kier alpha value is 0. The van der Waals surface area contributed by atoms with Gasteiger partial charge >= 0.3 is 0 Å². The van der Waals surface area contributed by atoms with Crippen LogP contribution in [0.1, 0.15) is 202 Å². The minimum atomic E-state index is 0.935. The molecule has 0 nitrogen and oxygen atoms in total. The third-order valence-electron chi connectivity index (χ3n) is 9.05. The molecule has 0 N–H and O–H groups in total. The van der Waals surface area contributed by atoms with E-state index in [0.717, 1.165) is 23.7 Å². The van der Waals surface area contributed by atoms with E-state index in [-0.39, 0.29) is 0 Å². The van der Waals surface area contributed by atoms with E-state index in [9.17, 15) is 0 Å². The number of unbranched alkanes of at least 4 members (excludes halogenated alkanes) is 14. The van der Waals surface area contributed by atoms with Gasteiger partial charge in [-0.15, -0.1) is 0 Å². The van der Waals surface area contributed by atoms with Crippen LogP contribution in [0.5, 0.6) is 0 Å². The van der Waals surface area contributed by atoms with E-state index < -0.39 is 0 Å². The smallest absolute Gasteiger partial charge is 0.0358 e. The maximum Gasteiger partial charge on any atom is -0.0358 e. The predicted molar refractivity (Wildman–Crippen MR) is 163 cm³/mol. The highest BCUT2D eigenvalue weighted by Crippen LogP contribution is 2.38. The highest BCUT2D eigenvalue weighted by Gasteiger charge is 2.27. The van der Waals surface area contributed by atoms with Crippen LogP contribution in [0.2, 0.25) is 0 Å². The molecular formula is C35H72. The number of hydrogen-bond acceptors (Lipinski definition) is 0. The number of rotatable bonds is 28. The van der Waals surface area contributed by atoms with Crippen molar-refractivity contribution in [1.29, 1.82) is 0 Å². The molecule has 35 heavy (non-hydrogen) atoms. The van der Waals surface area contributed by atoms with Gasteiger partial charge in [-0.3, -0.25) is 0 Å². The van der Waals surface area contributed by atoms with E-state index in [2.05, 4.69) is 41.5 Å². The molecule has 0 saturated carbocycles. The van der Waals surface area contributed by atoms with Gasteiger partial charge in [-0.05, 0) is 36.5 Å². The maximum atomic E-state index is 2.56.